The van der Waals surface area contributed by atoms with Gasteiger partial charge in [0, 0.05) is 21.4 Å². The molecule has 2 rings (SSSR count). The van der Waals surface area contributed by atoms with Gasteiger partial charge < -0.3 is 0 Å². The van der Waals surface area contributed by atoms with Crippen molar-refractivity contribution in [2.75, 3.05) is 0 Å². The molecule has 0 radical (unpaired) electrons. The standard InChI is InChI=1S/C14H15Cl2N3/c1-8-5-10(6-9(2)18-8)14(19-17)12-7-11(15)3-4-13(12)16/h3-7,14,19H,17H2,1-2H3. The van der Waals surface area contributed by atoms with Crippen LogP contribution >= 0.6 is 23.2 Å². The second-order valence-corrected chi connectivity index (χ2v) is 5.29. The van der Waals surface area contributed by atoms with E-state index in [4.69, 9.17) is 29.0 Å². The summed E-state index contributed by atoms with van der Waals surface area (Å²) in [5.41, 5.74) is 6.52. The van der Waals surface area contributed by atoms with Crippen LogP contribution < -0.4 is 11.3 Å². The molecule has 1 heterocycles. The lowest BCUT2D eigenvalue weighted by molar-refractivity contribution is 0.635. The van der Waals surface area contributed by atoms with Crippen molar-refractivity contribution in [2.45, 2.75) is 19.9 Å². The van der Waals surface area contributed by atoms with Crippen molar-refractivity contribution in [1.82, 2.24) is 10.4 Å². The summed E-state index contributed by atoms with van der Waals surface area (Å²) in [5.74, 6) is 5.68. The van der Waals surface area contributed by atoms with E-state index in [-0.39, 0.29) is 6.04 Å². The van der Waals surface area contributed by atoms with E-state index in [9.17, 15) is 0 Å². The number of hydrazine groups is 1. The predicted octanol–water partition coefficient (Wildman–Crippen LogP) is 3.56. The highest BCUT2D eigenvalue weighted by atomic mass is 35.5. The van der Waals surface area contributed by atoms with Gasteiger partial charge in [0.15, 0.2) is 0 Å². The highest BCUT2D eigenvalue weighted by molar-refractivity contribution is 6.33. The first-order chi connectivity index (χ1) is 9.01. The number of nitrogens with zero attached hydrogens (tertiary/aromatic N) is 1. The summed E-state index contributed by atoms with van der Waals surface area (Å²) >= 11 is 12.3. The average Bonchev–Trinajstić information content (AvgIpc) is 2.33. The zero-order valence-corrected chi connectivity index (χ0v) is 12.3. The van der Waals surface area contributed by atoms with E-state index in [1.165, 1.54) is 0 Å². The van der Waals surface area contributed by atoms with Gasteiger partial charge in [-0.1, -0.05) is 23.2 Å². The molecule has 0 saturated carbocycles. The van der Waals surface area contributed by atoms with Crippen LogP contribution in [0, 0.1) is 13.8 Å². The van der Waals surface area contributed by atoms with Crippen LogP contribution in [0.3, 0.4) is 0 Å². The SMILES string of the molecule is Cc1cc(C(NN)c2cc(Cl)ccc2Cl)cc(C)n1. The van der Waals surface area contributed by atoms with Crippen LogP contribution in [0.15, 0.2) is 30.3 Å². The zero-order chi connectivity index (χ0) is 14.0. The van der Waals surface area contributed by atoms with Crippen LogP contribution in [0.25, 0.3) is 0 Å². The molecule has 3 N–H and O–H groups in total. The summed E-state index contributed by atoms with van der Waals surface area (Å²) in [6.07, 6.45) is 0. The van der Waals surface area contributed by atoms with Crippen LogP contribution in [0.1, 0.15) is 28.6 Å². The van der Waals surface area contributed by atoms with Gasteiger partial charge in [-0.3, -0.25) is 10.8 Å². The molecule has 1 aromatic carbocycles. The molecule has 2 aromatic rings. The Balaban J connectivity index is 2.52. The number of aryl methyl sites for hydroxylation is 2. The molecule has 0 aliphatic rings. The first-order valence-electron chi connectivity index (χ1n) is 5.87. The van der Waals surface area contributed by atoms with E-state index in [1.807, 2.05) is 32.0 Å². The molecule has 3 nitrogen and oxygen atoms in total. The van der Waals surface area contributed by atoms with Crippen LogP contribution in [0.4, 0.5) is 0 Å². The number of hydrogen-bond acceptors (Lipinski definition) is 3. The van der Waals surface area contributed by atoms with Crippen LogP contribution in [-0.4, -0.2) is 4.98 Å². The average molecular weight is 296 g/mol. The molecule has 0 bridgehead atoms. The summed E-state index contributed by atoms with van der Waals surface area (Å²) in [6.45, 7) is 3.90. The van der Waals surface area contributed by atoms with Gasteiger partial charge in [-0.2, -0.15) is 0 Å². The molecular weight excluding hydrogens is 281 g/mol. The lowest BCUT2D eigenvalue weighted by Crippen LogP contribution is -2.29. The van der Waals surface area contributed by atoms with Gasteiger partial charge in [0.2, 0.25) is 0 Å². The largest absolute Gasteiger partial charge is 0.271 e. The van der Waals surface area contributed by atoms with Crippen molar-refractivity contribution in [3.63, 3.8) is 0 Å². The molecule has 0 aliphatic carbocycles. The minimum absolute atomic E-state index is 0.216. The molecule has 1 aromatic heterocycles. The molecule has 0 fully saturated rings. The number of benzene rings is 1. The number of hydrogen-bond donors (Lipinski definition) is 2. The maximum absolute atomic E-state index is 6.23. The molecule has 19 heavy (non-hydrogen) atoms. The molecule has 0 aliphatic heterocycles. The summed E-state index contributed by atoms with van der Waals surface area (Å²) in [6, 6.07) is 9.09. The molecule has 0 spiro atoms. The Hall–Kier alpha value is -1.13. The van der Waals surface area contributed by atoms with E-state index in [1.54, 1.807) is 12.1 Å². The molecule has 0 amide bonds. The fourth-order valence-electron chi connectivity index (χ4n) is 2.13. The molecule has 1 unspecified atom stereocenters. The number of rotatable bonds is 3. The Morgan fingerprint density at radius 3 is 2.32 bits per heavy atom. The van der Waals surface area contributed by atoms with E-state index >= 15 is 0 Å². The van der Waals surface area contributed by atoms with Crippen molar-refractivity contribution in [3.8, 4) is 0 Å². The smallest absolute Gasteiger partial charge is 0.0726 e. The maximum atomic E-state index is 6.23. The van der Waals surface area contributed by atoms with Gasteiger partial charge in [0.05, 0.1) is 6.04 Å². The first kappa shape index (κ1) is 14.3. The second kappa shape index (κ2) is 5.88. The Kier molecular flexibility index (Phi) is 4.42. The fourth-order valence-corrected chi connectivity index (χ4v) is 2.54. The van der Waals surface area contributed by atoms with Crippen molar-refractivity contribution < 1.29 is 0 Å². The molecule has 5 heteroatoms. The minimum Gasteiger partial charge on any atom is -0.271 e. The van der Waals surface area contributed by atoms with E-state index in [0.29, 0.717) is 10.0 Å². The Bertz CT molecular complexity index is 579. The molecule has 100 valence electrons. The van der Waals surface area contributed by atoms with Crippen molar-refractivity contribution in [2.24, 2.45) is 5.84 Å². The zero-order valence-electron chi connectivity index (χ0n) is 10.7. The normalized spacial score (nSPS) is 12.5. The minimum atomic E-state index is -0.216. The third kappa shape index (κ3) is 3.25. The van der Waals surface area contributed by atoms with Crippen LogP contribution in [-0.2, 0) is 0 Å². The quantitative estimate of drug-likeness (QED) is 0.672. The lowest BCUT2D eigenvalue weighted by Gasteiger charge is -2.19. The van der Waals surface area contributed by atoms with Gasteiger partial charge in [0.1, 0.15) is 0 Å². The van der Waals surface area contributed by atoms with Gasteiger partial charge in [-0.05, 0) is 55.3 Å². The Morgan fingerprint density at radius 2 is 1.74 bits per heavy atom. The molecular formula is C14H15Cl2N3. The summed E-state index contributed by atoms with van der Waals surface area (Å²) < 4.78 is 0. The maximum Gasteiger partial charge on any atom is 0.0726 e. The highest BCUT2D eigenvalue weighted by Gasteiger charge is 2.17. The van der Waals surface area contributed by atoms with Crippen LogP contribution in [0.5, 0.6) is 0 Å². The number of nitrogens with one attached hydrogen (secondary N) is 1. The summed E-state index contributed by atoms with van der Waals surface area (Å²) in [4.78, 5) is 4.36. The topological polar surface area (TPSA) is 50.9 Å². The van der Waals surface area contributed by atoms with Gasteiger partial charge >= 0.3 is 0 Å². The summed E-state index contributed by atoms with van der Waals surface area (Å²) in [5, 5.41) is 1.25. The van der Waals surface area contributed by atoms with Crippen molar-refractivity contribution >= 4 is 23.2 Å². The van der Waals surface area contributed by atoms with E-state index in [2.05, 4.69) is 10.4 Å². The Labute approximate surface area is 122 Å². The third-order valence-corrected chi connectivity index (χ3v) is 3.45. The van der Waals surface area contributed by atoms with E-state index < -0.39 is 0 Å². The second-order valence-electron chi connectivity index (χ2n) is 4.45. The fraction of sp³-hybridized carbons (Fsp3) is 0.214. The molecule has 0 saturated heterocycles. The van der Waals surface area contributed by atoms with Crippen LogP contribution in [0.2, 0.25) is 10.0 Å². The number of nitrogens with two attached hydrogens (primary N) is 1. The predicted molar refractivity (Wildman–Crippen MR) is 79.3 cm³/mol. The lowest BCUT2D eigenvalue weighted by atomic mass is 9.98. The first-order valence-corrected chi connectivity index (χ1v) is 6.63. The van der Waals surface area contributed by atoms with Gasteiger partial charge in [-0.25, -0.2) is 5.43 Å². The number of aromatic nitrogens is 1. The van der Waals surface area contributed by atoms with Crippen molar-refractivity contribution in [1.29, 1.82) is 0 Å². The molecule has 1 atom stereocenters. The van der Waals surface area contributed by atoms with Gasteiger partial charge in [0.25, 0.3) is 0 Å². The number of halogens is 2. The third-order valence-electron chi connectivity index (χ3n) is 2.87. The number of pyridine rings is 1. The van der Waals surface area contributed by atoms with E-state index in [0.717, 1.165) is 22.5 Å². The monoisotopic (exact) mass is 295 g/mol. The van der Waals surface area contributed by atoms with Gasteiger partial charge in [-0.15, -0.1) is 0 Å². The highest BCUT2D eigenvalue weighted by Crippen LogP contribution is 2.30. The Morgan fingerprint density at radius 1 is 1.11 bits per heavy atom. The van der Waals surface area contributed by atoms with Crippen molar-refractivity contribution in [3.05, 3.63) is 62.9 Å². The summed E-state index contributed by atoms with van der Waals surface area (Å²) in [7, 11) is 0.